The molecule has 1 aliphatic rings. The fourth-order valence-electron chi connectivity index (χ4n) is 2.24. The number of ether oxygens (including phenoxy) is 1. The Kier molecular flexibility index (Phi) is 6.10. The zero-order valence-corrected chi connectivity index (χ0v) is 15.5. The van der Waals surface area contributed by atoms with Crippen molar-refractivity contribution in [3.05, 3.63) is 47.8 Å². The van der Waals surface area contributed by atoms with Gasteiger partial charge in [-0.2, -0.15) is 5.10 Å². The van der Waals surface area contributed by atoms with Crippen LogP contribution in [0.3, 0.4) is 0 Å². The molecule has 7 nitrogen and oxygen atoms in total. The van der Waals surface area contributed by atoms with E-state index in [9.17, 15) is 0 Å². The highest BCUT2D eigenvalue weighted by Crippen LogP contribution is 2.28. The molecule has 3 rings (SSSR count). The molecule has 2 heterocycles. The van der Waals surface area contributed by atoms with Gasteiger partial charge >= 0.3 is 0 Å². The smallest absolute Gasteiger partial charge is 0.149 e. The second-order valence-corrected chi connectivity index (χ2v) is 6.43. The maximum atomic E-state index is 5.90. The third-order valence-electron chi connectivity index (χ3n) is 3.66. The highest BCUT2D eigenvalue weighted by Gasteiger charge is 2.18. The summed E-state index contributed by atoms with van der Waals surface area (Å²) in [6.07, 6.45) is 8.95. The summed E-state index contributed by atoms with van der Waals surface area (Å²) in [6, 6.07) is 3.63. The van der Waals surface area contributed by atoms with Crippen molar-refractivity contribution >= 4 is 11.9 Å². The Balaban J connectivity index is 1.82. The molecular formula is C20H22N6O. The van der Waals surface area contributed by atoms with Gasteiger partial charge in [-0.3, -0.25) is 4.99 Å². The SMILES string of the molecule is CC(C)Oc1cc(C#CC2CC2)cnc1/C(C=NCc1ncccn1)=N/N. The van der Waals surface area contributed by atoms with Crippen LogP contribution in [0, 0.1) is 17.8 Å². The molecule has 0 bridgehead atoms. The molecule has 0 amide bonds. The lowest BCUT2D eigenvalue weighted by molar-refractivity contribution is 0.241. The second-order valence-electron chi connectivity index (χ2n) is 6.43. The molecule has 0 aliphatic heterocycles. The topological polar surface area (TPSA) is 98.6 Å². The van der Waals surface area contributed by atoms with E-state index in [1.807, 2.05) is 19.9 Å². The first-order chi connectivity index (χ1) is 13.2. The average molecular weight is 362 g/mol. The molecule has 27 heavy (non-hydrogen) atoms. The summed E-state index contributed by atoms with van der Waals surface area (Å²) >= 11 is 0. The van der Waals surface area contributed by atoms with Crippen molar-refractivity contribution in [2.75, 3.05) is 0 Å². The van der Waals surface area contributed by atoms with E-state index in [0.29, 0.717) is 35.4 Å². The van der Waals surface area contributed by atoms with E-state index in [-0.39, 0.29) is 6.10 Å². The van der Waals surface area contributed by atoms with E-state index in [0.717, 1.165) is 5.56 Å². The minimum absolute atomic E-state index is 0.0223. The number of pyridine rings is 1. The van der Waals surface area contributed by atoms with Crippen molar-refractivity contribution in [2.24, 2.45) is 21.9 Å². The van der Waals surface area contributed by atoms with E-state index in [4.69, 9.17) is 10.6 Å². The number of aliphatic imine (C=N–C) groups is 1. The fraction of sp³-hybridized carbons (Fsp3) is 0.350. The first-order valence-corrected chi connectivity index (χ1v) is 8.88. The van der Waals surface area contributed by atoms with Crippen molar-refractivity contribution in [3.8, 4) is 17.6 Å². The molecule has 0 unspecified atom stereocenters. The van der Waals surface area contributed by atoms with Crippen molar-refractivity contribution in [3.63, 3.8) is 0 Å². The average Bonchev–Trinajstić information content (AvgIpc) is 3.49. The molecule has 2 aromatic heterocycles. The lowest BCUT2D eigenvalue weighted by Gasteiger charge is -2.13. The zero-order valence-electron chi connectivity index (χ0n) is 15.5. The van der Waals surface area contributed by atoms with Crippen molar-refractivity contribution < 1.29 is 4.74 Å². The normalized spacial score (nSPS) is 14.3. The second kappa shape index (κ2) is 8.90. The monoisotopic (exact) mass is 362 g/mol. The van der Waals surface area contributed by atoms with Crippen molar-refractivity contribution in [1.29, 1.82) is 0 Å². The Bertz CT molecular complexity index is 892. The van der Waals surface area contributed by atoms with Crippen LogP contribution < -0.4 is 10.6 Å². The Labute approximate surface area is 158 Å². The van der Waals surface area contributed by atoms with Gasteiger partial charge in [-0.05, 0) is 38.8 Å². The third-order valence-corrected chi connectivity index (χ3v) is 3.66. The fourth-order valence-corrected chi connectivity index (χ4v) is 2.24. The van der Waals surface area contributed by atoms with Crippen LogP contribution in [0.2, 0.25) is 0 Å². The van der Waals surface area contributed by atoms with Gasteiger partial charge in [0.15, 0.2) is 0 Å². The van der Waals surface area contributed by atoms with E-state index in [1.165, 1.54) is 12.8 Å². The summed E-state index contributed by atoms with van der Waals surface area (Å²) < 4.78 is 5.90. The summed E-state index contributed by atoms with van der Waals surface area (Å²) in [5, 5.41) is 3.82. The Hall–Kier alpha value is -3.27. The maximum Gasteiger partial charge on any atom is 0.149 e. The highest BCUT2D eigenvalue weighted by atomic mass is 16.5. The predicted octanol–water partition coefficient (Wildman–Crippen LogP) is 2.35. The van der Waals surface area contributed by atoms with Crippen LogP contribution >= 0.6 is 0 Å². The molecule has 0 spiro atoms. The number of hydrogen-bond acceptors (Lipinski definition) is 7. The first-order valence-electron chi connectivity index (χ1n) is 8.88. The van der Waals surface area contributed by atoms with E-state index in [1.54, 1.807) is 30.9 Å². The number of nitrogens with zero attached hydrogens (tertiary/aromatic N) is 5. The molecular weight excluding hydrogens is 340 g/mol. The number of hydrazone groups is 1. The van der Waals surface area contributed by atoms with Gasteiger partial charge in [0.2, 0.25) is 0 Å². The van der Waals surface area contributed by atoms with E-state index < -0.39 is 0 Å². The van der Waals surface area contributed by atoms with E-state index in [2.05, 4.69) is 36.9 Å². The quantitative estimate of drug-likeness (QED) is 0.368. The molecule has 2 N–H and O–H groups in total. The minimum Gasteiger partial charge on any atom is -0.489 e. The molecule has 1 saturated carbocycles. The van der Waals surface area contributed by atoms with Crippen LogP contribution in [0.5, 0.6) is 5.75 Å². The Morgan fingerprint density at radius 2 is 2.11 bits per heavy atom. The predicted molar refractivity (Wildman–Crippen MR) is 105 cm³/mol. The van der Waals surface area contributed by atoms with Crippen LogP contribution in [0.15, 0.2) is 40.8 Å². The summed E-state index contributed by atoms with van der Waals surface area (Å²) in [4.78, 5) is 17.0. The molecule has 0 atom stereocenters. The first kappa shape index (κ1) is 18.5. The van der Waals surface area contributed by atoms with Gasteiger partial charge in [0.25, 0.3) is 0 Å². The lowest BCUT2D eigenvalue weighted by atomic mass is 10.2. The Morgan fingerprint density at radius 3 is 2.78 bits per heavy atom. The Morgan fingerprint density at radius 1 is 1.33 bits per heavy atom. The molecule has 138 valence electrons. The largest absolute Gasteiger partial charge is 0.489 e. The maximum absolute atomic E-state index is 5.90. The molecule has 2 aromatic rings. The van der Waals surface area contributed by atoms with Gasteiger partial charge in [0.05, 0.1) is 18.9 Å². The highest BCUT2D eigenvalue weighted by molar-refractivity contribution is 6.38. The van der Waals surface area contributed by atoms with Crippen LogP contribution in [0.25, 0.3) is 0 Å². The summed E-state index contributed by atoms with van der Waals surface area (Å²) in [5.41, 5.74) is 1.76. The van der Waals surface area contributed by atoms with Gasteiger partial charge in [0, 0.05) is 30.1 Å². The van der Waals surface area contributed by atoms with Gasteiger partial charge in [0.1, 0.15) is 23.0 Å². The molecule has 1 aliphatic carbocycles. The van der Waals surface area contributed by atoms with Crippen molar-refractivity contribution in [1.82, 2.24) is 15.0 Å². The third kappa shape index (κ3) is 5.61. The van der Waals surface area contributed by atoms with Gasteiger partial charge < -0.3 is 10.6 Å². The molecule has 0 saturated heterocycles. The summed E-state index contributed by atoms with van der Waals surface area (Å²) in [7, 11) is 0. The number of hydrogen-bond donors (Lipinski definition) is 1. The van der Waals surface area contributed by atoms with Crippen LogP contribution in [0.1, 0.15) is 43.8 Å². The van der Waals surface area contributed by atoms with Gasteiger partial charge in [-0.1, -0.05) is 11.8 Å². The summed E-state index contributed by atoms with van der Waals surface area (Å²) in [5.74, 6) is 13.7. The van der Waals surface area contributed by atoms with Gasteiger partial charge in [-0.15, -0.1) is 0 Å². The number of aromatic nitrogens is 3. The lowest BCUT2D eigenvalue weighted by Crippen LogP contribution is -2.15. The standard InChI is InChI=1S/C20H22N6O/c1-14(2)27-18-10-16(7-6-15-4-5-15)11-25-20(18)17(26-21)12-22-13-19-23-8-3-9-24-19/h3,8-12,14-15H,4-5,13,21H2,1-2H3/b22-12?,26-17+. The van der Waals surface area contributed by atoms with Crippen molar-refractivity contribution in [2.45, 2.75) is 39.3 Å². The minimum atomic E-state index is -0.0223. The molecule has 0 aromatic carbocycles. The van der Waals surface area contributed by atoms with Crippen LogP contribution in [0.4, 0.5) is 0 Å². The van der Waals surface area contributed by atoms with Gasteiger partial charge in [-0.25, -0.2) is 15.0 Å². The molecule has 7 heteroatoms. The number of nitrogens with two attached hydrogens (primary N) is 1. The van der Waals surface area contributed by atoms with Crippen LogP contribution in [-0.4, -0.2) is 33.0 Å². The molecule has 0 radical (unpaired) electrons. The number of rotatable bonds is 6. The zero-order chi connectivity index (χ0) is 19.1. The van der Waals surface area contributed by atoms with E-state index >= 15 is 0 Å². The van der Waals surface area contributed by atoms with Crippen LogP contribution in [-0.2, 0) is 6.54 Å². The summed E-state index contributed by atoms with van der Waals surface area (Å²) in [6.45, 7) is 4.23. The molecule has 1 fully saturated rings.